The minimum atomic E-state index is -0.918. The number of halogens is 2. The van der Waals surface area contributed by atoms with Crippen molar-refractivity contribution in [3.05, 3.63) is 78.0 Å². The van der Waals surface area contributed by atoms with Crippen LogP contribution in [0.15, 0.2) is 65.7 Å². The van der Waals surface area contributed by atoms with Gasteiger partial charge in [0.05, 0.1) is 24.4 Å². The van der Waals surface area contributed by atoms with E-state index >= 15 is 0 Å². The van der Waals surface area contributed by atoms with Gasteiger partial charge in [-0.25, -0.2) is 19.6 Å². The number of aliphatic imine (C=N–C) groups is 2. The molecule has 2 aromatic rings. The molecule has 0 saturated heterocycles. The number of nitrogens with zero attached hydrogens (tertiary/aromatic N) is 2. The van der Waals surface area contributed by atoms with Crippen molar-refractivity contribution in [2.75, 3.05) is 13.2 Å². The monoisotopic (exact) mass is 718 g/mol. The molecule has 0 aromatic heterocycles. The van der Waals surface area contributed by atoms with E-state index in [1.807, 2.05) is 0 Å². The minimum absolute atomic E-state index is 0.0906. The van der Waals surface area contributed by atoms with Crippen LogP contribution in [0.25, 0.3) is 0 Å². The van der Waals surface area contributed by atoms with Gasteiger partial charge in [0.2, 0.25) is 0 Å². The standard InChI is InChI=1S/C29H32Br2N6O6/c1-5-42-26(40)22-12(3)34-28(32)36-24(22)16-8-14(18(30)10-20(16)38)7-15-9-17(21(39)11-19(15)31)25-23(27(41)43-6-2)13(4)35-29(33)37-25/h8-11,24-25,38-39H,5-7H2,1-4H3,(H3,32,34,36)(H3,33,35,37). The molecule has 4 rings (SSSR count). The zero-order chi connectivity index (χ0) is 31.6. The minimum Gasteiger partial charge on any atom is -0.508 e. The molecule has 2 aromatic carbocycles. The van der Waals surface area contributed by atoms with Gasteiger partial charge in [-0.05, 0) is 69.5 Å². The lowest BCUT2D eigenvalue weighted by molar-refractivity contribution is -0.139. The van der Waals surface area contributed by atoms with Crippen LogP contribution in [0.5, 0.6) is 11.5 Å². The van der Waals surface area contributed by atoms with Crippen LogP contribution in [0.4, 0.5) is 0 Å². The van der Waals surface area contributed by atoms with E-state index in [9.17, 15) is 19.8 Å². The molecule has 2 atom stereocenters. The molecule has 14 heteroatoms. The molecule has 2 heterocycles. The normalized spacial score (nSPS) is 18.4. The van der Waals surface area contributed by atoms with Gasteiger partial charge in [-0.2, -0.15) is 0 Å². The van der Waals surface area contributed by atoms with Crippen molar-refractivity contribution in [2.45, 2.75) is 46.2 Å². The first kappa shape index (κ1) is 31.9. The number of phenolic OH excluding ortho intramolecular Hbond substituents is 2. The predicted octanol–water partition coefficient (Wildman–Crippen LogP) is 3.81. The zero-order valence-corrected chi connectivity index (χ0v) is 27.1. The van der Waals surface area contributed by atoms with Crippen molar-refractivity contribution < 1.29 is 29.3 Å². The molecule has 8 N–H and O–H groups in total. The van der Waals surface area contributed by atoms with Gasteiger partial charge in [0.25, 0.3) is 0 Å². The molecule has 0 fully saturated rings. The summed E-state index contributed by atoms with van der Waals surface area (Å²) in [7, 11) is 0. The number of allylic oxidation sites excluding steroid dienone is 2. The van der Waals surface area contributed by atoms with Crippen LogP contribution in [-0.4, -0.2) is 47.3 Å². The molecule has 228 valence electrons. The second-order valence-corrected chi connectivity index (χ2v) is 11.5. The van der Waals surface area contributed by atoms with E-state index in [1.54, 1.807) is 39.8 Å². The lowest BCUT2D eigenvalue weighted by atomic mass is 9.91. The van der Waals surface area contributed by atoms with E-state index in [2.05, 4.69) is 52.5 Å². The van der Waals surface area contributed by atoms with Crippen molar-refractivity contribution in [2.24, 2.45) is 21.5 Å². The van der Waals surface area contributed by atoms with Crippen molar-refractivity contribution >= 4 is 55.7 Å². The number of rotatable bonds is 8. The van der Waals surface area contributed by atoms with E-state index < -0.39 is 24.0 Å². The van der Waals surface area contributed by atoms with E-state index in [0.29, 0.717) is 37.9 Å². The predicted molar refractivity (Wildman–Crippen MR) is 168 cm³/mol. The molecule has 0 bridgehead atoms. The number of carbonyl (C=O) groups excluding carboxylic acids is 2. The zero-order valence-electron chi connectivity index (χ0n) is 23.9. The molecule has 12 nitrogen and oxygen atoms in total. The molecule has 0 spiro atoms. The van der Waals surface area contributed by atoms with Crippen LogP contribution in [0.2, 0.25) is 0 Å². The number of phenols is 2. The maximum atomic E-state index is 12.9. The van der Waals surface area contributed by atoms with Gasteiger partial charge in [-0.1, -0.05) is 31.9 Å². The lowest BCUT2D eigenvalue weighted by Gasteiger charge is -2.26. The SMILES string of the molecule is CCOC(=O)C1=C(C)NC(N)=NC1c1cc(Cc2cc(C3N=C(N)NC(C)=C3C(=O)OCC)c(O)cc2Br)c(Br)cc1O. The van der Waals surface area contributed by atoms with E-state index in [4.69, 9.17) is 20.9 Å². The summed E-state index contributed by atoms with van der Waals surface area (Å²) in [6.07, 6.45) is 0.297. The highest BCUT2D eigenvalue weighted by molar-refractivity contribution is 9.10. The Labute approximate surface area is 265 Å². The number of hydrogen-bond acceptors (Lipinski definition) is 12. The number of ether oxygens (including phenoxy) is 2. The first-order valence-corrected chi connectivity index (χ1v) is 14.9. The smallest absolute Gasteiger partial charge is 0.338 e. The fourth-order valence-corrected chi connectivity index (χ4v) is 5.91. The van der Waals surface area contributed by atoms with Gasteiger partial charge in [-0.3, -0.25) is 0 Å². The highest BCUT2D eigenvalue weighted by Crippen LogP contribution is 2.42. The van der Waals surface area contributed by atoms with Gasteiger partial charge in [0.1, 0.15) is 23.6 Å². The third-order valence-electron chi connectivity index (χ3n) is 6.87. The Morgan fingerprint density at radius 1 is 0.791 bits per heavy atom. The largest absolute Gasteiger partial charge is 0.508 e. The Morgan fingerprint density at radius 2 is 1.16 bits per heavy atom. The van der Waals surface area contributed by atoms with E-state index in [1.165, 1.54) is 12.1 Å². The molecule has 2 aliphatic rings. The summed E-state index contributed by atoms with van der Waals surface area (Å²) in [6.45, 7) is 7.09. The number of aromatic hydroxyl groups is 2. The summed E-state index contributed by atoms with van der Waals surface area (Å²) in [6, 6.07) is 4.67. The summed E-state index contributed by atoms with van der Waals surface area (Å²) in [5.74, 6) is -1.17. The first-order chi connectivity index (χ1) is 20.4. The summed E-state index contributed by atoms with van der Waals surface area (Å²) in [4.78, 5) is 34.6. The molecule has 0 aliphatic carbocycles. The van der Waals surface area contributed by atoms with Gasteiger partial charge >= 0.3 is 11.9 Å². The third kappa shape index (κ3) is 6.64. The van der Waals surface area contributed by atoms with Gasteiger partial charge in [0, 0.05) is 31.5 Å². The van der Waals surface area contributed by atoms with Crippen LogP contribution in [0.1, 0.15) is 62.0 Å². The molecular formula is C29H32Br2N6O6. The highest BCUT2D eigenvalue weighted by atomic mass is 79.9. The second kappa shape index (κ2) is 13.1. The van der Waals surface area contributed by atoms with Crippen LogP contribution >= 0.6 is 31.9 Å². The number of nitrogens with two attached hydrogens (primary N) is 2. The molecule has 2 aliphatic heterocycles. The number of benzene rings is 2. The van der Waals surface area contributed by atoms with Crippen LogP contribution < -0.4 is 22.1 Å². The first-order valence-electron chi connectivity index (χ1n) is 13.3. The molecule has 2 unspecified atom stereocenters. The number of guanidine groups is 2. The number of nitrogens with one attached hydrogen (secondary N) is 2. The topological polar surface area (TPSA) is 194 Å². The number of esters is 2. The molecule has 43 heavy (non-hydrogen) atoms. The van der Waals surface area contributed by atoms with Gasteiger partial charge in [-0.15, -0.1) is 0 Å². The Morgan fingerprint density at radius 3 is 1.51 bits per heavy atom. The highest BCUT2D eigenvalue weighted by Gasteiger charge is 2.34. The molecular weight excluding hydrogens is 688 g/mol. The summed E-state index contributed by atoms with van der Waals surface area (Å²) >= 11 is 7.07. The number of carbonyl (C=O) groups is 2. The lowest BCUT2D eigenvalue weighted by Crippen LogP contribution is -2.37. The van der Waals surface area contributed by atoms with Gasteiger partial charge in [0.15, 0.2) is 11.9 Å². The van der Waals surface area contributed by atoms with Crippen molar-refractivity contribution in [1.82, 2.24) is 10.6 Å². The van der Waals surface area contributed by atoms with Crippen molar-refractivity contribution in [3.8, 4) is 11.5 Å². The van der Waals surface area contributed by atoms with E-state index in [-0.39, 0.29) is 47.8 Å². The second-order valence-electron chi connectivity index (χ2n) is 9.78. The quantitative estimate of drug-likeness (QED) is 0.219. The summed E-state index contributed by atoms with van der Waals surface area (Å²) in [5.41, 5.74) is 15.5. The Balaban J connectivity index is 1.79. The maximum Gasteiger partial charge on any atom is 0.338 e. The van der Waals surface area contributed by atoms with Crippen molar-refractivity contribution in [3.63, 3.8) is 0 Å². The Kier molecular flexibility index (Phi) is 9.70. The average molecular weight is 720 g/mol. The third-order valence-corrected chi connectivity index (χ3v) is 8.35. The van der Waals surface area contributed by atoms with Crippen LogP contribution in [0.3, 0.4) is 0 Å². The summed E-state index contributed by atoms with van der Waals surface area (Å²) < 4.78 is 11.7. The molecule has 0 radical (unpaired) electrons. The van der Waals surface area contributed by atoms with Crippen LogP contribution in [-0.2, 0) is 25.5 Å². The van der Waals surface area contributed by atoms with Crippen molar-refractivity contribution in [1.29, 1.82) is 0 Å². The Hall–Kier alpha value is -4.04. The fraction of sp³-hybridized carbons (Fsp3) is 0.310. The maximum absolute atomic E-state index is 12.9. The van der Waals surface area contributed by atoms with E-state index in [0.717, 1.165) is 11.1 Å². The molecule has 0 amide bonds. The van der Waals surface area contributed by atoms with Gasteiger partial charge < -0.3 is 41.8 Å². The fourth-order valence-electron chi connectivity index (χ4n) is 4.97. The Bertz CT molecular complexity index is 1500. The molecule has 0 saturated carbocycles. The van der Waals surface area contributed by atoms with Crippen LogP contribution in [0, 0.1) is 0 Å². The average Bonchev–Trinajstić information content (AvgIpc) is 2.90. The number of hydrogen-bond donors (Lipinski definition) is 6. The summed E-state index contributed by atoms with van der Waals surface area (Å²) in [5, 5.41) is 27.6.